The first-order valence-electron chi connectivity index (χ1n) is 7.75. The van der Waals surface area contributed by atoms with E-state index in [1.165, 1.54) is 30.4 Å². The van der Waals surface area contributed by atoms with E-state index in [1.807, 2.05) is 6.07 Å². The summed E-state index contributed by atoms with van der Waals surface area (Å²) in [7, 11) is 0. The van der Waals surface area contributed by atoms with Crippen molar-refractivity contribution in [2.75, 3.05) is 0 Å². The molecule has 0 spiro atoms. The van der Waals surface area contributed by atoms with Crippen molar-refractivity contribution < 1.29 is 0 Å². The lowest BCUT2D eigenvalue weighted by Gasteiger charge is -2.54. The van der Waals surface area contributed by atoms with Crippen LogP contribution in [0.15, 0.2) is 24.8 Å². The van der Waals surface area contributed by atoms with Gasteiger partial charge in [-0.1, -0.05) is 24.1 Å². The predicted octanol–water partition coefficient (Wildman–Crippen LogP) is 4.10. The molecule has 4 rings (SSSR count). The zero-order chi connectivity index (χ0) is 13.8. The summed E-state index contributed by atoms with van der Waals surface area (Å²) in [5.74, 6) is 8.31. The largest absolute Gasteiger partial charge is 0.102 e. The third kappa shape index (κ3) is 1.35. The minimum absolute atomic E-state index is 0.150. The van der Waals surface area contributed by atoms with Crippen molar-refractivity contribution in [2.24, 2.45) is 17.3 Å². The Hall–Kier alpha value is -1.66. The lowest BCUT2D eigenvalue weighted by Crippen LogP contribution is -2.50. The summed E-state index contributed by atoms with van der Waals surface area (Å²) in [6.07, 6.45) is 8.09. The maximum atomic E-state index is 4.23. The molecule has 4 atom stereocenters. The lowest BCUT2D eigenvalue weighted by molar-refractivity contribution is 0.0506. The first kappa shape index (κ1) is 12.1. The fourth-order valence-corrected chi connectivity index (χ4v) is 5.04. The van der Waals surface area contributed by atoms with Gasteiger partial charge in [-0.25, -0.2) is 0 Å². The van der Waals surface area contributed by atoms with Crippen LogP contribution in [0.5, 0.6) is 0 Å². The summed E-state index contributed by atoms with van der Waals surface area (Å²) in [5, 5.41) is 0. The average Bonchev–Trinajstić information content (AvgIpc) is 2.88. The van der Waals surface area contributed by atoms with Gasteiger partial charge >= 0.3 is 0 Å². The van der Waals surface area contributed by atoms with E-state index < -0.39 is 0 Å². The molecule has 3 aliphatic rings. The third-order valence-electron chi connectivity index (χ3n) is 6.17. The normalized spacial score (nSPS) is 40.5. The second-order valence-corrected chi connectivity index (χ2v) is 6.91. The monoisotopic (exact) mass is 260 g/mol. The van der Waals surface area contributed by atoms with E-state index in [9.17, 15) is 0 Å². The van der Waals surface area contributed by atoms with Gasteiger partial charge in [0.25, 0.3) is 0 Å². The summed E-state index contributed by atoms with van der Waals surface area (Å²) in [6, 6.07) is 10.8. The van der Waals surface area contributed by atoms with E-state index in [0.717, 1.165) is 12.8 Å². The van der Waals surface area contributed by atoms with Crippen molar-refractivity contribution in [2.45, 2.75) is 44.4 Å². The summed E-state index contributed by atoms with van der Waals surface area (Å²) in [5.41, 5.74) is 3.23. The standard InChI is InChI=1S/C20H20/c1-3-20-14-13-19(2)12-6-9-17(19)18(20)11-10-15-7-4-5-8-16(15)20/h3,5,8,17-18H,1,9-11,13-14H2,2H3/t17-,18-,19-,20+/m0/s1. The highest BCUT2D eigenvalue weighted by Gasteiger charge is 2.55. The third-order valence-corrected chi connectivity index (χ3v) is 6.17. The molecule has 100 valence electrons. The van der Waals surface area contributed by atoms with Crippen molar-refractivity contribution in [3.63, 3.8) is 0 Å². The van der Waals surface area contributed by atoms with Gasteiger partial charge in [0.05, 0.1) is 0 Å². The van der Waals surface area contributed by atoms with Gasteiger partial charge in [-0.05, 0) is 62.1 Å². The van der Waals surface area contributed by atoms with E-state index in [1.54, 1.807) is 0 Å². The Morgan fingerprint density at radius 1 is 1.35 bits per heavy atom. The van der Waals surface area contributed by atoms with Crippen LogP contribution >= 0.6 is 0 Å². The number of hydrogen-bond acceptors (Lipinski definition) is 0. The number of rotatable bonds is 1. The predicted molar refractivity (Wildman–Crippen MR) is 81.0 cm³/mol. The zero-order valence-electron chi connectivity index (χ0n) is 12.1. The molecule has 0 heteroatoms. The molecule has 0 amide bonds. The maximum absolute atomic E-state index is 4.23. The van der Waals surface area contributed by atoms with Gasteiger partial charge in [0.1, 0.15) is 0 Å². The van der Waals surface area contributed by atoms with Gasteiger partial charge in [-0.2, -0.15) is 0 Å². The molecular formula is C20H20. The summed E-state index contributed by atoms with van der Waals surface area (Å²) in [6.45, 7) is 6.61. The van der Waals surface area contributed by atoms with E-state index in [-0.39, 0.29) is 10.8 Å². The van der Waals surface area contributed by atoms with E-state index in [0.29, 0.717) is 11.8 Å². The van der Waals surface area contributed by atoms with Crippen molar-refractivity contribution in [1.29, 1.82) is 0 Å². The topological polar surface area (TPSA) is 0 Å². The highest BCUT2D eigenvalue weighted by molar-refractivity contribution is 5.42. The second kappa shape index (κ2) is 3.93. The molecule has 3 aliphatic carbocycles. The van der Waals surface area contributed by atoms with Gasteiger partial charge in [0.2, 0.25) is 0 Å². The van der Waals surface area contributed by atoms with Crippen molar-refractivity contribution in [3.8, 4) is 11.8 Å². The van der Waals surface area contributed by atoms with Crippen molar-refractivity contribution in [1.82, 2.24) is 0 Å². The molecule has 0 saturated heterocycles. The van der Waals surface area contributed by atoms with Crippen LogP contribution in [0, 0.1) is 41.2 Å². The van der Waals surface area contributed by atoms with Crippen LogP contribution < -0.4 is 0 Å². The summed E-state index contributed by atoms with van der Waals surface area (Å²) >= 11 is 0. The molecule has 0 unspecified atom stereocenters. The molecule has 0 bridgehead atoms. The van der Waals surface area contributed by atoms with Crippen molar-refractivity contribution >= 4 is 0 Å². The summed E-state index contributed by atoms with van der Waals surface area (Å²) in [4.78, 5) is 0. The van der Waals surface area contributed by atoms with Gasteiger partial charge in [-0.3, -0.25) is 0 Å². The molecule has 0 heterocycles. The fraction of sp³-hybridized carbons (Fsp3) is 0.500. The Bertz CT molecular complexity index is 629. The van der Waals surface area contributed by atoms with Crippen LogP contribution in [0.3, 0.4) is 0 Å². The minimum atomic E-state index is 0.150. The van der Waals surface area contributed by atoms with Crippen LogP contribution in [-0.2, 0) is 11.8 Å². The Morgan fingerprint density at radius 2 is 2.25 bits per heavy atom. The Balaban J connectivity index is 1.86. The number of allylic oxidation sites excluding steroid dienone is 1. The minimum Gasteiger partial charge on any atom is -0.102 e. The molecular weight excluding hydrogens is 240 g/mol. The smallest absolute Gasteiger partial charge is 0.0327 e. The van der Waals surface area contributed by atoms with E-state index in [4.69, 9.17) is 0 Å². The highest BCUT2D eigenvalue weighted by Crippen LogP contribution is 2.60. The van der Waals surface area contributed by atoms with Crippen LogP contribution in [0.2, 0.25) is 0 Å². The van der Waals surface area contributed by atoms with Crippen LogP contribution in [0.4, 0.5) is 0 Å². The molecule has 1 saturated carbocycles. The molecule has 0 radical (unpaired) electrons. The lowest BCUT2D eigenvalue weighted by atomic mass is 9.48. The van der Waals surface area contributed by atoms with Crippen LogP contribution in [0.25, 0.3) is 0 Å². The van der Waals surface area contributed by atoms with Gasteiger partial charge in [0.15, 0.2) is 0 Å². The molecule has 0 nitrogen and oxygen atoms in total. The highest BCUT2D eigenvalue weighted by atomic mass is 14.6. The maximum Gasteiger partial charge on any atom is 0.0327 e. The van der Waals surface area contributed by atoms with Crippen LogP contribution in [0.1, 0.15) is 43.7 Å². The van der Waals surface area contributed by atoms with Gasteiger partial charge in [-0.15, -0.1) is 12.5 Å². The molecule has 0 N–H and O–H groups in total. The SMILES string of the molecule is C=C[C@]12CC[C@]3(C)C#CC[C@H]3[C@@H]1CCc1c#cccc12. The van der Waals surface area contributed by atoms with Crippen LogP contribution in [-0.4, -0.2) is 0 Å². The number of fused-ring (bicyclic) bond motifs is 5. The quantitative estimate of drug-likeness (QED) is 0.527. The molecule has 1 fully saturated rings. The van der Waals surface area contributed by atoms with Gasteiger partial charge < -0.3 is 0 Å². The first-order valence-corrected chi connectivity index (χ1v) is 7.75. The van der Waals surface area contributed by atoms with E-state index >= 15 is 0 Å². The Kier molecular flexibility index (Phi) is 2.38. The zero-order valence-corrected chi connectivity index (χ0v) is 12.1. The van der Waals surface area contributed by atoms with Crippen molar-refractivity contribution in [3.05, 3.63) is 48.0 Å². The second-order valence-electron chi connectivity index (χ2n) is 6.91. The molecule has 1 aromatic carbocycles. The molecule has 0 aliphatic heterocycles. The Morgan fingerprint density at radius 3 is 3.10 bits per heavy atom. The first-order chi connectivity index (χ1) is 9.70. The summed E-state index contributed by atoms with van der Waals surface area (Å²) < 4.78 is 0. The number of hydrogen-bond donors (Lipinski definition) is 0. The average molecular weight is 260 g/mol. The van der Waals surface area contributed by atoms with Gasteiger partial charge in [0, 0.05) is 22.8 Å². The molecule has 1 aromatic rings. The molecule has 20 heavy (non-hydrogen) atoms. The Labute approximate surface area is 122 Å². The fourth-order valence-electron chi connectivity index (χ4n) is 5.04. The molecule has 0 aromatic heterocycles. The van der Waals surface area contributed by atoms with E-state index in [2.05, 4.69) is 49.6 Å².